The van der Waals surface area contributed by atoms with Gasteiger partial charge in [0.05, 0.1) is 15.7 Å². The number of nitrogens with one attached hydrogen (secondary N) is 1. The Morgan fingerprint density at radius 1 is 1.07 bits per heavy atom. The number of anilines is 2. The first-order valence-corrected chi connectivity index (χ1v) is 9.92. The first-order chi connectivity index (χ1) is 13.2. The van der Waals surface area contributed by atoms with Crippen molar-refractivity contribution >= 4 is 40.8 Å². The molecule has 0 bridgehead atoms. The zero-order valence-corrected chi connectivity index (χ0v) is 16.5. The van der Waals surface area contributed by atoms with Gasteiger partial charge in [-0.3, -0.25) is 4.90 Å². The Balaban J connectivity index is 1.25. The van der Waals surface area contributed by atoms with E-state index >= 15 is 0 Å². The fourth-order valence-corrected chi connectivity index (χ4v) is 3.79. The van der Waals surface area contributed by atoms with E-state index < -0.39 is 0 Å². The third-order valence-corrected chi connectivity index (χ3v) is 5.70. The third-order valence-electron chi connectivity index (χ3n) is 4.89. The second-order valence-corrected chi connectivity index (χ2v) is 7.41. The van der Waals surface area contributed by atoms with Gasteiger partial charge in [0.15, 0.2) is 0 Å². The summed E-state index contributed by atoms with van der Waals surface area (Å²) >= 11 is 12.5. The van der Waals surface area contributed by atoms with Gasteiger partial charge in [0.1, 0.15) is 12.4 Å². The Hall–Kier alpha value is -1.95. The highest BCUT2D eigenvalue weighted by Gasteiger charge is 2.19. The van der Waals surface area contributed by atoms with E-state index in [-0.39, 0.29) is 0 Å². The Morgan fingerprint density at radius 3 is 2.78 bits per heavy atom. The molecule has 0 spiro atoms. The lowest BCUT2D eigenvalue weighted by Crippen LogP contribution is -2.47. The molecule has 2 aromatic rings. The van der Waals surface area contributed by atoms with Crippen LogP contribution >= 0.6 is 23.2 Å². The molecule has 0 aliphatic carbocycles. The molecule has 1 saturated heterocycles. The molecule has 1 N–H and O–H groups in total. The smallest absolute Gasteiger partial charge is 0.215 e. The number of piperazine rings is 1. The molecule has 5 nitrogen and oxygen atoms in total. The Labute approximate surface area is 169 Å². The van der Waals surface area contributed by atoms with Crippen LogP contribution in [0.3, 0.4) is 0 Å². The van der Waals surface area contributed by atoms with E-state index in [4.69, 9.17) is 27.9 Å². The molecule has 7 heteroatoms. The van der Waals surface area contributed by atoms with Crippen molar-refractivity contribution < 1.29 is 4.74 Å². The van der Waals surface area contributed by atoms with E-state index in [1.807, 2.05) is 30.3 Å². The molecule has 2 aliphatic heterocycles. The zero-order chi connectivity index (χ0) is 18.6. The number of hydrogen-bond acceptors (Lipinski definition) is 5. The molecule has 3 heterocycles. The SMILES string of the molecule is Clc1cccc(N2CCN(CCOc3ccc4c(n3)NCC=C4)CC2)c1Cl. The van der Waals surface area contributed by atoms with E-state index in [2.05, 4.69) is 32.3 Å². The number of ether oxygens (including phenoxy) is 1. The summed E-state index contributed by atoms with van der Waals surface area (Å²) in [7, 11) is 0. The van der Waals surface area contributed by atoms with Gasteiger partial charge in [-0.15, -0.1) is 0 Å². The van der Waals surface area contributed by atoms with E-state index in [0.29, 0.717) is 22.5 Å². The molecule has 0 radical (unpaired) electrons. The summed E-state index contributed by atoms with van der Waals surface area (Å²) in [5.41, 5.74) is 2.12. The first kappa shape index (κ1) is 18.4. The highest BCUT2D eigenvalue weighted by Crippen LogP contribution is 2.32. The molecule has 142 valence electrons. The van der Waals surface area contributed by atoms with Crippen LogP contribution in [0.25, 0.3) is 6.08 Å². The Morgan fingerprint density at radius 2 is 1.93 bits per heavy atom. The number of aromatic nitrogens is 1. The van der Waals surface area contributed by atoms with E-state index in [1.165, 1.54) is 0 Å². The number of hydrogen-bond donors (Lipinski definition) is 1. The third kappa shape index (κ3) is 4.32. The van der Waals surface area contributed by atoms with Crippen molar-refractivity contribution in [2.24, 2.45) is 0 Å². The van der Waals surface area contributed by atoms with Gasteiger partial charge in [0.25, 0.3) is 0 Å². The van der Waals surface area contributed by atoms with Crippen molar-refractivity contribution in [1.82, 2.24) is 9.88 Å². The molecule has 0 saturated carbocycles. The zero-order valence-electron chi connectivity index (χ0n) is 15.0. The van der Waals surface area contributed by atoms with Crippen molar-refractivity contribution in [2.45, 2.75) is 0 Å². The van der Waals surface area contributed by atoms with Crippen LogP contribution in [0.2, 0.25) is 10.0 Å². The molecule has 27 heavy (non-hydrogen) atoms. The topological polar surface area (TPSA) is 40.6 Å². The largest absolute Gasteiger partial charge is 0.476 e. The van der Waals surface area contributed by atoms with Crippen LogP contribution in [0.5, 0.6) is 5.88 Å². The summed E-state index contributed by atoms with van der Waals surface area (Å²) < 4.78 is 5.85. The Kier molecular flexibility index (Phi) is 5.72. The van der Waals surface area contributed by atoms with Gasteiger partial charge in [-0.25, -0.2) is 0 Å². The summed E-state index contributed by atoms with van der Waals surface area (Å²) in [6.45, 7) is 6.10. The van der Waals surface area contributed by atoms with E-state index in [9.17, 15) is 0 Å². The lowest BCUT2D eigenvalue weighted by atomic mass is 10.2. The minimum atomic E-state index is 0.604. The molecule has 0 unspecified atom stereocenters. The molecule has 4 rings (SSSR count). The lowest BCUT2D eigenvalue weighted by Gasteiger charge is -2.36. The maximum atomic E-state index is 6.34. The van der Waals surface area contributed by atoms with Crippen molar-refractivity contribution in [3.63, 3.8) is 0 Å². The van der Waals surface area contributed by atoms with E-state index in [1.54, 1.807) is 0 Å². The monoisotopic (exact) mass is 404 g/mol. The first-order valence-electron chi connectivity index (χ1n) is 9.16. The van der Waals surface area contributed by atoms with Gasteiger partial charge < -0.3 is 15.0 Å². The molecule has 1 aromatic carbocycles. The number of fused-ring (bicyclic) bond motifs is 1. The highest BCUT2D eigenvalue weighted by atomic mass is 35.5. The van der Waals surface area contributed by atoms with Crippen LogP contribution in [0.15, 0.2) is 36.4 Å². The summed E-state index contributed by atoms with van der Waals surface area (Å²) in [5, 5.41) is 4.50. The normalized spacial score (nSPS) is 16.7. The molecule has 1 aromatic heterocycles. The number of rotatable bonds is 5. The van der Waals surface area contributed by atoms with Crippen LogP contribution in [-0.4, -0.2) is 55.8 Å². The summed E-state index contributed by atoms with van der Waals surface area (Å²) in [4.78, 5) is 9.21. The van der Waals surface area contributed by atoms with Gasteiger partial charge in [-0.1, -0.05) is 41.4 Å². The quantitative estimate of drug-likeness (QED) is 0.814. The van der Waals surface area contributed by atoms with Crippen LogP contribution in [-0.2, 0) is 0 Å². The maximum Gasteiger partial charge on any atom is 0.215 e. The average Bonchev–Trinajstić information content (AvgIpc) is 2.71. The molecular formula is C20H22Cl2N4O. The number of nitrogens with zero attached hydrogens (tertiary/aromatic N) is 3. The predicted molar refractivity (Wildman–Crippen MR) is 112 cm³/mol. The van der Waals surface area contributed by atoms with Crippen LogP contribution in [0, 0.1) is 0 Å². The highest BCUT2D eigenvalue weighted by molar-refractivity contribution is 6.43. The van der Waals surface area contributed by atoms with Crippen LogP contribution in [0.1, 0.15) is 5.56 Å². The second kappa shape index (κ2) is 8.38. The van der Waals surface area contributed by atoms with Crippen molar-refractivity contribution in [2.75, 3.05) is 56.1 Å². The summed E-state index contributed by atoms with van der Waals surface area (Å²) in [6.07, 6.45) is 4.16. The molecule has 0 atom stereocenters. The number of halogens is 2. The van der Waals surface area contributed by atoms with Gasteiger partial charge in [0, 0.05) is 50.9 Å². The van der Waals surface area contributed by atoms with Crippen molar-refractivity contribution in [3.05, 3.63) is 52.0 Å². The molecule has 2 aliphatic rings. The van der Waals surface area contributed by atoms with Crippen molar-refractivity contribution in [3.8, 4) is 5.88 Å². The molecular weight excluding hydrogens is 383 g/mol. The number of benzene rings is 1. The minimum absolute atomic E-state index is 0.604. The lowest BCUT2D eigenvalue weighted by molar-refractivity contribution is 0.197. The summed E-state index contributed by atoms with van der Waals surface area (Å²) in [6, 6.07) is 9.75. The Bertz CT molecular complexity index is 835. The molecule has 0 amide bonds. The van der Waals surface area contributed by atoms with Gasteiger partial charge in [0.2, 0.25) is 5.88 Å². The maximum absolute atomic E-state index is 6.34. The fraction of sp³-hybridized carbons (Fsp3) is 0.350. The van der Waals surface area contributed by atoms with Crippen LogP contribution in [0.4, 0.5) is 11.5 Å². The second-order valence-electron chi connectivity index (χ2n) is 6.62. The predicted octanol–water partition coefficient (Wildman–Crippen LogP) is 4.03. The van der Waals surface area contributed by atoms with E-state index in [0.717, 1.165) is 56.3 Å². The molecule has 1 fully saturated rings. The average molecular weight is 405 g/mol. The van der Waals surface area contributed by atoms with Gasteiger partial charge >= 0.3 is 0 Å². The van der Waals surface area contributed by atoms with Gasteiger partial charge in [-0.2, -0.15) is 4.98 Å². The van der Waals surface area contributed by atoms with Crippen molar-refractivity contribution in [1.29, 1.82) is 0 Å². The van der Waals surface area contributed by atoms with Gasteiger partial charge in [-0.05, 0) is 18.2 Å². The van der Waals surface area contributed by atoms with Crippen LogP contribution < -0.4 is 15.0 Å². The summed E-state index contributed by atoms with van der Waals surface area (Å²) in [5.74, 6) is 1.56. The fourth-order valence-electron chi connectivity index (χ4n) is 3.38. The number of pyridine rings is 1. The standard InChI is InChI=1S/C20H22Cl2N4O/c21-16-4-1-5-17(19(16)22)26-11-9-25(10-12-26)13-14-27-18-7-6-15-3-2-8-23-20(15)24-18/h1-7H,8-14H2,(H,23,24). The minimum Gasteiger partial charge on any atom is -0.476 e.